The average molecular weight is 249 g/mol. The van der Waals surface area contributed by atoms with Crippen LogP contribution in [0.15, 0.2) is 18.3 Å². The molecule has 0 aliphatic heterocycles. The molecule has 0 atom stereocenters. The van der Waals surface area contributed by atoms with E-state index in [1.54, 1.807) is 12.3 Å². The molecule has 100 valence electrons. The first-order valence-electron chi connectivity index (χ1n) is 6.61. The number of aromatic nitrogens is 1. The Balaban J connectivity index is 2.55. The fourth-order valence-corrected chi connectivity index (χ4v) is 1.46. The minimum absolute atomic E-state index is 0.108. The SMILES string of the molecule is CCCCNc1ccnc(C(=O)NCC(C)C)c1. The Morgan fingerprint density at radius 2 is 2.22 bits per heavy atom. The highest BCUT2D eigenvalue weighted by atomic mass is 16.1. The number of nitrogens with one attached hydrogen (secondary N) is 2. The Labute approximate surface area is 109 Å². The second-order valence-corrected chi connectivity index (χ2v) is 4.81. The smallest absolute Gasteiger partial charge is 0.269 e. The van der Waals surface area contributed by atoms with Crippen LogP contribution in [0, 0.1) is 5.92 Å². The fourth-order valence-electron chi connectivity index (χ4n) is 1.46. The Morgan fingerprint density at radius 3 is 2.89 bits per heavy atom. The highest BCUT2D eigenvalue weighted by Gasteiger charge is 2.07. The van der Waals surface area contributed by atoms with Crippen LogP contribution in [-0.2, 0) is 0 Å². The summed E-state index contributed by atoms with van der Waals surface area (Å²) in [6, 6.07) is 3.68. The molecule has 1 amide bonds. The summed E-state index contributed by atoms with van der Waals surface area (Å²) < 4.78 is 0. The van der Waals surface area contributed by atoms with Crippen molar-refractivity contribution in [3.63, 3.8) is 0 Å². The fraction of sp³-hybridized carbons (Fsp3) is 0.571. The molecule has 1 rings (SSSR count). The predicted octanol–water partition coefficient (Wildman–Crippen LogP) is 2.68. The molecule has 1 aromatic heterocycles. The van der Waals surface area contributed by atoms with E-state index in [0.717, 1.165) is 25.1 Å². The molecule has 4 nitrogen and oxygen atoms in total. The number of anilines is 1. The van der Waals surface area contributed by atoms with Crippen LogP contribution in [0.1, 0.15) is 44.1 Å². The second kappa shape index (κ2) is 7.69. The molecule has 0 radical (unpaired) electrons. The molecule has 2 N–H and O–H groups in total. The van der Waals surface area contributed by atoms with Gasteiger partial charge in [0, 0.05) is 25.0 Å². The van der Waals surface area contributed by atoms with E-state index in [1.165, 1.54) is 0 Å². The largest absolute Gasteiger partial charge is 0.385 e. The van der Waals surface area contributed by atoms with Gasteiger partial charge in [-0.05, 0) is 24.5 Å². The summed E-state index contributed by atoms with van der Waals surface area (Å²) in [6.45, 7) is 7.88. The van der Waals surface area contributed by atoms with Gasteiger partial charge in [0.15, 0.2) is 0 Å². The van der Waals surface area contributed by atoms with Gasteiger partial charge in [-0.2, -0.15) is 0 Å². The summed E-state index contributed by atoms with van der Waals surface area (Å²) in [4.78, 5) is 15.9. The van der Waals surface area contributed by atoms with Gasteiger partial charge in [-0.15, -0.1) is 0 Å². The molecule has 0 saturated carbocycles. The van der Waals surface area contributed by atoms with Crippen molar-refractivity contribution in [1.82, 2.24) is 10.3 Å². The summed E-state index contributed by atoms with van der Waals surface area (Å²) in [6.07, 6.45) is 3.94. The summed E-state index contributed by atoms with van der Waals surface area (Å²) >= 11 is 0. The summed E-state index contributed by atoms with van der Waals surface area (Å²) in [5.74, 6) is 0.336. The molecule has 1 heterocycles. The van der Waals surface area contributed by atoms with Gasteiger partial charge in [0.1, 0.15) is 5.69 Å². The lowest BCUT2D eigenvalue weighted by atomic mass is 10.2. The van der Waals surface area contributed by atoms with Crippen molar-refractivity contribution in [3.8, 4) is 0 Å². The van der Waals surface area contributed by atoms with Crippen LogP contribution >= 0.6 is 0 Å². The van der Waals surface area contributed by atoms with Crippen LogP contribution in [0.2, 0.25) is 0 Å². The Bertz CT molecular complexity index is 377. The molecule has 0 spiro atoms. The van der Waals surface area contributed by atoms with Gasteiger partial charge >= 0.3 is 0 Å². The van der Waals surface area contributed by atoms with Crippen LogP contribution in [0.25, 0.3) is 0 Å². The Hall–Kier alpha value is -1.58. The minimum atomic E-state index is -0.108. The highest BCUT2D eigenvalue weighted by Crippen LogP contribution is 2.08. The first kappa shape index (κ1) is 14.5. The lowest BCUT2D eigenvalue weighted by Crippen LogP contribution is -2.28. The molecule has 4 heteroatoms. The van der Waals surface area contributed by atoms with Crippen molar-refractivity contribution in [1.29, 1.82) is 0 Å². The molecule has 0 aromatic carbocycles. The van der Waals surface area contributed by atoms with E-state index in [-0.39, 0.29) is 5.91 Å². The van der Waals surface area contributed by atoms with Crippen molar-refractivity contribution in [2.24, 2.45) is 5.92 Å². The normalized spacial score (nSPS) is 10.4. The maximum absolute atomic E-state index is 11.8. The first-order valence-corrected chi connectivity index (χ1v) is 6.61. The summed E-state index contributed by atoms with van der Waals surface area (Å²) in [5.41, 5.74) is 1.42. The monoisotopic (exact) mass is 249 g/mol. The van der Waals surface area contributed by atoms with E-state index in [0.29, 0.717) is 18.2 Å². The molecule has 18 heavy (non-hydrogen) atoms. The number of hydrogen-bond acceptors (Lipinski definition) is 3. The van der Waals surface area contributed by atoms with Crippen molar-refractivity contribution < 1.29 is 4.79 Å². The van der Waals surface area contributed by atoms with Crippen LogP contribution in [-0.4, -0.2) is 24.0 Å². The number of unbranched alkanes of at least 4 members (excludes halogenated alkanes) is 1. The summed E-state index contributed by atoms with van der Waals surface area (Å²) in [5, 5.41) is 6.15. The molecule has 0 saturated heterocycles. The predicted molar refractivity (Wildman–Crippen MR) is 74.8 cm³/mol. The third-order valence-corrected chi connectivity index (χ3v) is 2.52. The van der Waals surface area contributed by atoms with Gasteiger partial charge in [0.25, 0.3) is 5.91 Å². The number of pyridine rings is 1. The molecule has 0 fully saturated rings. The standard InChI is InChI=1S/C14H23N3O/c1-4-5-7-15-12-6-8-16-13(9-12)14(18)17-10-11(2)3/h6,8-9,11H,4-5,7,10H2,1-3H3,(H,15,16)(H,17,18). The second-order valence-electron chi connectivity index (χ2n) is 4.81. The number of nitrogens with zero attached hydrogens (tertiary/aromatic N) is 1. The van der Waals surface area contributed by atoms with E-state index in [1.807, 2.05) is 6.07 Å². The molecule has 0 unspecified atom stereocenters. The van der Waals surface area contributed by atoms with Crippen molar-refractivity contribution >= 4 is 11.6 Å². The van der Waals surface area contributed by atoms with Crippen LogP contribution < -0.4 is 10.6 Å². The van der Waals surface area contributed by atoms with E-state index in [2.05, 4.69) is 36.4 Å². The molecule has 1 aromatic rings. The third kappa shape index (κ3) is 5.17. The number of rotatable bonds is 7. The minimum Gasteiger partial charge on any atom is -0.385 e. The third-order valence-electron chi connectivity index (χ3n) is 2.52. The van der Waals surface area contributed by atoms with Crippen LogP contribution in [0.4, 0.5) is 5.69 Å². The van der Waals surface area contributed by atoms with Gasteiger partial charge in [-0.1, -0.05) is 27.2 Å². The van der Waals surface area contributed by atoms with Gasteiger partial charge in [0.2, 0.25) is 0 Å². The lowest BCUT2D eigenvalue weighted by Gasteiger charge is -2.09. The van der Waals surface area contributed by atoms with E-state index >= 15 is 0 Å². The number of carbonyl (C=O) groups excluding carboxylic acids is 1. The molecule has 0 aliphatic carbocycles. The zero-order valence-electron chi connectivity index (χ0n) is 11.5. The average Bonchev–Trinajstić information content (AvgIpc) is 2.36. The van der Waals surface area contributed by atoms with Gasteiger partial charge in [-0.3, -0.25) is 9.78 Å². The van der Waals surface area contributed by atoms with Crippen LogP contribution in [0.3, 0.4) is 0 Å². The molecular formula is C14H23N3O. The Kier molecular flexibility index (Phi) is 6.19. The van der Waals surface area contributed by atoms with E-state index < -0.39 is 0 Å². The van der Waals surface area contributed by atoms with Gasteiger partial charge in [0.05, 0.1) is 0 Å². The highest BCUT2D eigenvalue weighted by molar-refractivity contribution is 5.93. The molecular weight excluding hydrogens is 226 g/mol. The zero-order chi connectivity index (χ0) is 13.4. The van der Waals surface area contributed by atoms with Crippen molar-refractivity contribution in [3.05, 3.63) is 24.0 Å². The van der Waals surface area contributed by atoms with Crippen molar-refractivity contribution in [2.75, 3.05) is 18.4 Å². The maximum Gasteiger partial charge on any atom is 0.269 e. The van der Waals surface area contributed by atoms with Crippen molar-refractivity contribution in [2.45, 2.75) is 33.6 Å². The van der Waals surface area contributed by atoms with E-state index in [9.17, 15) is 4.79 Å². The lowest BCUT2D eigenvalue weighted by molar-refractivity contribution is 0.0944. The van der Waals surface area contributed by atoms with Crippen LogP contribution in [0.5, 0.6) is 0 Å². The molecule has 0 bridgehead atoms. The number of hydrogen-bond donors (Lipinski definition) is 2. The number of amides is 1. The first-order chi connectivity index (χ1) is 8.63. The van der Waals surface area contributed by atoms with E-state index in [4.69, 9.17) is 0 Å². The zero-order valence-corrected chi connectivity index (χ0v) is 11.5. The van der Waals surface area contributed by atoms with Gasteiger partial charge < -0.3 is 10.6 Å². The quantitative estimate of drug-likeness (QED) is 0.730. The molecule has 0 aliphatic rings. The van der Waals surface area contributed by atoms with Gasteiger partial charge in [-0.25, -0.2) is 0 Å². The maximum atomic E-state index is 11.8. The summed E-state index contributed by atoms with van der Waals surface area (Å²) in [7, 11) is 0. The Morgan fingerprint density at radius 1 is 1.44 bits per heavy atom. The topological polar surface area (TPSA) is 54.0 Å². The number of carbonyl (C=O) groups is 1.